The molecular weight excluding hydrogens is 419 g/mol. The van der Waals surface area contributed by atoms with Crippen molar-refractivity contribution in [2.24, 2.45) is 0 Å². The van der Waals surface area contributed by atoms with Crippen molar-refractivity contribution in [1.29, 1.82) is 0 Å². The summed E-state index contributed by atoms with van der Waals surface area (Å²) < 4.78 is 23.4. The van der Waals surface area contributed by atoms with Crippen molar-refractivity contribution >= 4 is 23.4 Å². The lowest BCUT2D eigenvalue weighted by Crippen LogP contribution is -2.42. The minimum absolute atomic E-state index is 0.0922. The second-order valence-electron chi connectivity index (χ2n) is 7.38. The summed E-state index contributed by atoms with van der Waals surface area (Å²) in [7, 11) is 3.72. The summed E-state index contributed by atoms with van der Waals surface area (Å²) in [5.41, 5.74) is 2.91. The summed E-state index contributed by atoms with van der Waals surface area (Å²) >= 11 is 1.12. The third-order valence-electron chi connectivity index (χ3n) is 5.10. The van der Waals surface area contributed by atoms with E-state index in [-0.39, 0.29) is 11.7 Å². The Morgan fingerprint density at radius 1 is 1.32 bits per heavy atom. The molecule has 0 radical (unpaired) electrons. The van der Waals surface area contributed by atoms with E-state index in [0.717, 1.165) is 22.7 Å². The SMILES string of the molecule is CCc1nnsc1C(=O)N1CCO[C@@H](c2nc(N(C)C)ncc2-c2ccc(F)cc2)C1. The van der Waals surface area contributed by atoms with Crippen LogP contribution in [0.1, 0.15) is 34.1 Å². The van der Waals surface area contributed by atoms with Gasteiger partial charge in [0.25, 0.3) is 5.91 Å². The molecule has 0 saturated carbocycles. The number of carbonyl (C=O) groups excluding carboxylic acids is 1. The van der Waals surface area contributed by atoms with Crippen molar-refractivity contribution in [3.8, 4) is 11.1 Å². The van der Waals surface area contributed by atoms with Gasteiger partial charge in [-0.25, -0.2) is 14.4 Å². The van der Waals surface area contributed by atoms with Gasteiger partial charge in [0.1, 0.15) is 16.8 Å². The maximum absolute atomic E-state index is 13.4. The Morgan fingerprint density at radius 3 is 2.81 bits per heavy atom. The van der Waals surface area contributed by atoms with Gasteiger partial charge in [0.05, 0.1) is 24.5 Å². The summed E-state index contributed by atoms with van der Waals surface area (Å²) in [6.07, 6.45) is 1.93. The molecule has 1 aliphatic heterocycles. The summed E-state index contributed by atoms with van der Waals surface area (Å²) in [6, 6.07) is 6.18. The van der Waals surface area contributed by atoms with Crippen LogP contribution in [-0.4, -0.2) is 64.2 Å². The molecule has 1 amide bonds. The number of rotatable bonds is 5. The van der Waals surface area contributed by atoms with Gasteiger partial charge in [0, 0.05) is 32.4 Å². The molecule has 10 heteroatoms. The molecule has 0 aliphatic carbocycles. The summed E-state index contributed by atoms with van der Waals surface area (Å²) in [5, 5.41) is 4.05. The number of halogens is 1. The molecule has 1 atom stereocenters. The fraction of sp³-hybridized carbons (Fsp3) is 0.381. The summed E-state index contributed by atoms with van der Waals surface area (Å²) in [6.45, 7) is 3.16. The molecule has 3 heterocycles. The number of aromatic nitrogens is 4. The maximum Gasteiger partial charge on any atom is 0.267 e. The first-order valence-electron chi connectivity index (χ1n) is 10.00. The molecule has 1 saturated heterocycles. The lowest BCUT2D eigenvalue weighted by Gasteiger charge is -2.33. The van der Waals surface area contributed by atoms with Crippen LogP contribution in [0.5, 0.6) is 0 Å². The zero-order chi connectivity index (χ0) is 22.0. The Kier molecular flexibility index (Phi) is 6.19. The third-order valence-corrected chi connectivity index (χ3v) is 5.86. The molecule has 0 N–H and O–H groups in total. The molecular formula is C21H23FN6O2S. The minimum Gasteiger partial charge on any atom is -0.368 e. The van der Waals surface area contributed by atoms with Crippen LogP contribution in [0, 0.1) is 5.82 Å². The Balaban J connectivity index is 1.68. The van der Waals surface area contributed by atoms with E-state index in [1.54, 1.807) is 28.1 Å². The molecule has 1 aliphatic rings. The first-order valence-corrected chi connectivity index (χ1v) is 10.8. The number of amides is 1. The van der Waals surface area contributed by atoms with Gasteiger partial charge < -0.3 is 14.5 Å². The van der Waals surface area contributed by atoms with Crippen LogP contribution < -0.4 is 4.90 Å². The highest BCUT2D eigenvalue weighted by molar-refractivity contribution is 7.08. The third kappa shape index (κ3) is 4.40. The Bertz CT molecular complexity index is 1070. The fourth-order valence-electron chi connectivity index (χ4n) is 3.44. The van der Waals surface area contributed by atoms with Crippen molar-refractivity contribution in [3.05, 3.63) is 52.5 Å². The Morgan fingerprint density at radius 2 is 2.10 bits per heavy atom. The molecule has 162 valence electrons. The van der Waals surface area contributed by atoms with Crippen LogP contribution in [0.2, 0.25) is 0 Å². The van der Waals surface area contributed by atoms with Crippen molar-refractivity contribution in [1.82, 2.24) is 24.5 Å². The van der Waals surface area contributed by atoms with E-state index in [0.29, 0.717) is 48.3 Å². The van der Waals surface area contributed by atoms with Crippen LogP contribution >= 0.6 is 11.5 Å². The van der Waals surface area contributed by atoms with Gasteiger partial charge in [-0.2, -0.15) is 0 Å². The number of anilines is 1. The minimum atomic E-state index is -0.439. The monoisotopic (exact) mass is 442 g/mol. The van der Waals surface area contributed by atoms with Gasteiger partial charge in [-0.3, -0.25) is 4.79 Å². The van der Waals surface area contributed by atoms with E-state index in [2.05, 4.69) is 14.6 Å². The maximum atomic E-state index is 13.4. The van der Waals surface area contributed by atoms with Crippen molar-refractivity contribution in [2.45, 2.75) is 19.4 Å². The second kappa shape index (κ2) is 9.03. The number of carbonyl (C=O) groups is 1. The molecule has 0 unspecified atom stereocenters. The van der Waals surface area contributed by atoms with Crippen LogP contribution in [0.25, 0.3) is 11.1 Å². The van der Waals surface area contributed by atoms with Gasteiger partial charge in [-0.05, 0) is 35.6 Å². The fourth-order valence-corrected chi connectivity index (χ4v) is 4.16. The Hall–Kier alpha value is -2.98. The van der Waals surface area contributed by atoms with E-state index >= 15 is 0 Å². The zero-order valence-electron chi connectivity index (χ0n) is 17.6. The second-order valence-corrected chi connectivity index (χ2v) is 8.14. The highest BCUT2D eigenvalue weighted by Crippen LogP contribution is 2.32. The lowest BCUT2D eigenvalue weighted by molar-refractivity contribution is -0.0243. The number of benzene rings is 1. The summed E-state index contributed by atoms with van der Waals surface area (Å²) in [5.74, 6) is 0.130. The molecule has 3 aromatic rings. The average molecular weight is 443 g/mol. The van der Waals surface area contributed by atoms with Gasteiger partial charge in [-0.15, -0.1) is 5.10 Å². The van der Waals surface area contributed by atoms with Gasteiger partial charge in [0.15, 0.2) is 0 Å². The number of ether oxygens (including phenoxy) is 1. The first kappa shape index (κ1) is 21.3. The van der Waals surface area contributed by atoms with Crippen LogP contribution in [0.15, 0.2) is 30.5 Å². The highest BCUT2D eigenvalue weighted by atomic mass is 32.1. The predicted octanol–water partition coefficient (Wildman–Crippen LogP) is 2.98. The quantitative estimate of drug-likeness (QED) is 0.601. The summed E-state index contributed by atoms with van der Waals surface area (Å²) in [4.78, 5) is 26.4. The molecule has 8 nitrogen and oxygen atoms in total. The standard InChI is InChI=1S/C21H23FN6O2S/c1-4-16-19(31-26-25-16)20(29)28-9-10-30-17(12-28)18-15(11-23-21(24-18)27(2)3)13-5-7-14(22)8-6-13/h5-8,11,17H,4,9-10,12H2,1-3H3/t17-/m1/s1. The molecule has 0 spiro atoms. The van der Waals surface area contributed by atoms with Crippen molar-refractivity contribution < 1.29 is 13.9 Å². The van der Waals surface area contributed by atoms with E-state index < -0.39 is 6.10 Å². The van der Waals surface area contributed by atoms with E-state index in [1.807, 2.05) is 21.0 Å². The lowest BCUT2D eigenvalue weighted by atomic mass is 10.0. The topological polar surface area (TPSA) is 84.3 Å². The molecule has 4 rings (SSSR count). The van der Waals surface area contributed by atoms with Gasteiger partial charge in [-0.1, -0.05) is 23.5 Å². The number of aryl methyl sites for hydroxylation is 1. The molecule has 1 fully saturated rings. The number of hydrogen-bond donors (Lipinski definition) is 0. The molecule has 0 bridgehead atoms. The van der Waals surface area contributed by atoms with E-state index in [4.69, 9.17) is 9.72 Å². The van der Waals surface area contributed by atoms with Crippen LogP contribution in [0.3, 0.4) is 0 Å². The first-order chi connectivity index (χ1) is 15.0. The van der Waals surface area contributed by atoms with E-state index in [9.17, 15) is 9.18 Å². The largest absolute Gasteiger partial charge is 0.368 e. The van der Waals surface area contributed by atoms with Crippen LogP contribution in [-0.2, 0) is 11.2 Å². The predicted molar refractivity (Wildman–Crippen MR) is 116 cm³/mol. The van der Waals surface area contributed by atoms with E-state index in [1.165, 1.54) is 12.1 Å². The van der Waals surface area contributed by atoms with Gasteiger partial charge >= 0.3 is 0 Å². The van der Waals surface area contributed by atoms with Gasteiger partial charge in [0.2, 0.25) is 5.95 Å². The van der Waals surface area contributed by atoms with Crippen molar-refractivity contribution in [2.75, 3.05) is 38.7 Å². The highest BCUT2D eigenvalue weighted by Gasteiger charge is 2.31. The van der Waals surface area contributed by atoms with Crippen molar-refractivity contribution in [3.63, 3.8) is 0 Å². The van der Waals surface area contributed by atoms with Crippen LogP contribution in [0.4, 0.5) is 10.3 Å². The zero-order valence-corrected chi connectivity index (χ0v) is 18.4. The normalized spacial score (nSPS) is 16.4. The number of hydrogen-bond acceptors (Lipinski definition) is 8. The Labute approximate surface area is 183 Å². The molecule has 2 aromatic heterocycles. The average Bonchev–Trinajstić information content (AvgIpc) is 3.28. The number of morpholine rings is 1. The number of nitrogens with zero attached hydrogens (tertiary/aromatic N) is 6. The smallest absolute Gasteiger partial charge is 0.267 e. The molecule has 1 aromatic carbocycles. The molecule has 31 heavy (non-hydrogen) atoms.